The first-order chi connectivity index (χ1) is 12.7. The van der Waals surface area contributed by atoms with Crippen molar-refractivity contribution in [3.05, 3.63) is 71.9 Å². The molecular weight excluding hydrogens is 324 g/mol. The number of anilines is 3. The normalized spacial score (nSPS) is 10.4. The van der Waals surface area contributed by atoms with Gasteiger partial charge in [-0.1, -0.05) is 42.5 Å². The lowest BCUT2D eigenvalue weighted by molar-refractivity contribution is 0.653. The summed E-state index contributed by atoms with van der Waals surface area (Å²) >= 11 is 0. The van der Waals surface area contributed by atoms with E-state index in [1.165, 1.54) is 5.56 Å². The lowest BCUT2D eigenvalue weighted by Gasteiger charge is -2.26. The Kier molecular flexibility index (Phi) is 5.40. The van der Waals surface area contributed by atoms with Crippen LogP contribution in [0, 0.1) is 11.3 Å². The van der Waals surface area contributed by atoms with Gasteiger partial charge in [-0.15, -0.1) is 5.10 Å². The summed E-state index contributed by atoms with van der Waals surface area (Å²) in [5.41, 5.74) is 2.43. The molecule has 3 aromatic rings. The molecule has 0 saturated carbocycles. The second kappa shape index (κ2) is 8.08. The van der Waals surface area contributed by atoms with Gasteiger partial charge in [0, 0.05) is 12.6 Å². The van der Waals surface area contributed by atoms with Gasteiger partial charge in [-0.05, 0) is 31.5 Å². The molecule has 0 atom stereocenters. The summed E-state index contributed by atoms with van der Waals surface area (Å²) in [6, 6.07) is 19.9. The first-order valence-corrected chi connectivity index (χ1v) is 8.44. The summed E-state index contributed by atoms with van der Waals surface area (Å²) in [5, 5.41) is 20.7. The molecular formula is C20H20N6. The molecule has 1 aromatic heterocycles. The highest BCUT2D eigenvalue weighted by molar-refractivity contribution is 5.64. The minimum Gasteiger partial charge on any atom is -0.338 e. The first-order valence-electron chi connectivity index (χ1n) is 8.44. The maximum atomic E-state index is 9.23. The fourth-order valence-electron chi connectivity index (χ4n) is 2.57. The zero-order valence-corrected chi connectivity index (χ0v) is 14.8. The summed E-state index contributed by atoms with van der Waals surface area (Å²) in [6.45, 7) is 4.88. The maximum absolute atomic E-state index is 9.23. The van der Waals surface area contributed by atoms with Crippen molar-refractivity contribution in [1.82, 2.24) is 15.2 Å². The van der Waals surface area contributed by atoms with E-state index in [4.69, 9.17) is 0 Å². The lowest BCUT2D eigenvalue weighted by Crippen LogP contribution is -2.32. The summed E-state index contributed by atoms with van der Waals surface area (Å²) in [5.74, 6) is 1.10. The van der Waals surface area contributed by atoms with Crippen molar-refractivity contribution < 1.29 is 0 Å². The Morgan fingerprint density at radius 3 is 2.54 bits per heavy atom. The van der Waals surface area contributed by atoms with Gasteiger partial charge in [-0.25, -0.2) is 0 Å². The van der Waals surface area contributed by atoms with E-state index in [1.54, 1.807) is 12.3 Å². The third kappa shape index (κ3) is 4.14. The molecule has 0 aliphatic rings. The summed E-state index contributed by atoms with van der Waals surface area (Å²) < 4.78 is 0. The van der Waals surface area contributed by atoms with Crippen molar-refractivity contribution in [2.45, 2.75) is 26.4 Å². The molecule has 0 amide bonds. The van der Waals surface area contributed by atoms with Gasteiger partial charge in [0.15, 0.2) is 5.82 Å². The number of nitriles is 1. The van der Waals surface area contributed by atoms with Crippen molar-refractivity contribution in [3.63, 3.8) is 0 Å². The van der Waals surface area contributed by atoms with Crippen LogP contribution in [0.25, 0.3) is 0 Å². The molecule has 6 nitrogen and oxygen atoms in total. The molecule has 0 bridgehead atoms. The number of aromatic nitrogens is 3. The van der Waals surface area contributed by atoms with Gasteiger partial charge < -0.3 is 10.2 Å². The average molecular weight is 344 g/mol. The quantitative estimate of drug-likeness (QED) is 0.731. The molecule has 1 N–H and O–H groups in total. The highest BCUT2D eigenvalue weighted by Gasteiger charge is 2.15. The summed E-state index contributed by atoms with van der Waals surface area (Å²) in [6.07, 6.45) is 1.55. The fraction of sp³-hybridized carbons (Fsp3) is 0.200. The van der Waals surface area contributed by atoms with E-state index in [2.05, 4.69) is 57.4 Å². The number of rotatable bonds is 6. The van der Waals surface area contributed by atoms with Gasteiger partial charge in [-0.3, -0.25) is 0 Å². The maximum Gasteiger partial charge on any atom is 0.247 e. The van der Waals surface area contributed by atoms with Crippen molar-refractivity contribution >= 4 is 17.5 Å². The van der Waals surface area contributed by atoms with Crippen molar-refractivity contribution in [2.75, 3.05) is 10.2 Å². The SMILES string of the molecule is CC(C)N(Cc1ccccc1)c1nncc(Nc2ccccc2C#N)n1. The molecule has 1 heterocycles. The van der Waals surface area contributed by atoms with Gasteiger partial charge in [0.25, 0.3) is 0 Å². The topological polar surface area (TPSA) is 77.7 Å². The highest BCUT2D eigenvalue weighted by atomic mass is 15.3. The van der Waals surface area contributed by atoms with E-state index in [0.29, 0.717) is 29.6 Å². The molecule has 0 aliphatic carbocycles. The summed E-state index contributed by atoms with van der Waals surface area (Å²) in [4.78, 5) is 6.68. The van der Waals surface area contributed by atoms with E-state index in [-0.39, 0.29) is 6.04 Å². The fourth-order valence-corrected chi connectivity index (χ4v) is 2.57. The van der Waals surface area contributed by atoms with Gasteiger partial charge in [0.1, 0.15) is 6.07 Å². The molecule has 6 heteroatoms. The van der Waals surface area contributed by atoms with Gasteiger partial charge in [0.2, 0.25) is 5.95 Å². The average Bonchev–Trinajstić information content (AvgIpc) is 2.67. The van der Waals surface area contributed by atoms with Crippen LogP contribution in [0.3, 0.4) is 0 Å². The van der Waals surface area contributed by atoms with Crippen LogP contribution in [0.5, 0.6) is 0 Å². The molecule has 130 valence electrons. The molecule has 0 spiro atoms. The molecule has 0 aliphatic heterocycles. The Bertz CT molecular complexity index is 901. The Hall–Kier alpha value is -3.46. The second-order valence-electron chi connectivity index (χ2n) is 6.13. The number of nitrogens with zero attached hydrogens (tertiary/aromatic N) is 5. The molecule has 0 fully saturated rings. The third-order valence-corrected chi connectivity index (χ3v) is 3.93. The van der Waals surface area contributed by atoms with Crippen molar-refractivity contribution in [3.8, 4) is 6.07 Å². The van der Waals surface area contributed by atoms with E-state index in [9.17, 15) is 5.26 Å². The smallest absolute Gasteiger partial charge is 0.247 e. The van der Waals surface area contributed by atoms with Crippen LogP contribution in [0.1, 0.15) is 25.0 Å². The van der Waals surface area contributed by atoms with Crippen molar-refractivity contribution in [1.29, 1.82) is 5.26 Å². The molecule has 3 rings (SSSR count). The van der Waals surface area contributed by atoms with Gasteiger partial charge in [-0.2, -0.15) is 15.3 Å². The largest absolute Gasteiger partial charge is 0.338 e. The van der Waals surface area contributed by atoms with Crippen LogP contribution in [0.2, 0.25) is 0 Å². The predicted octanol–water partition coefficient (Wildman–Crippen LogP) is 3.90. The van der Waals surface area contributed by atoms with Crippen LogP contribution in [0.4, 0.5) is 17.5 Å². The van der Waals surface area contributed by atoms with Gasteiger partial charge in [0.05, 0.1) is 17.4 Å². The van der Waals surface area contributed by atoms with E-state index >= 15 is 0 Å². The van der Waals surface area contributed by atoms with Crippen LogP contribution >= 0.6 is 0 Å². The molecule has 26 heavy (non-hydrogen) atoms. The van der Waals surface area contributed by atoms with E-state index in [0.717, 1.165) is 0 Å². The number of nitrogens with one attached hydrogen (secondary N) is 1. The summed E-state index contributed by atoms with van der Waals surface area (Å²) in [7, 11) is 0. The zero-order chi connectivity index (χ0) is 18.4. The Morgan fingerprint density at radius 1 is 1.08 bits per heavy atom. The van der Waals surface area contributed by atoms with E-state index in [1.807, 2.05) is 36.4 Å². The monoisotopic (exact) mass is 344 g/mol. The number of para-hydroxylation sites is 1. The minimum absolute atomic E-state index is 0.207. The first kappa shape index (κ1) is 17.4. The Morgan fingerprint density at radius 2 is 1.81 bits per heavy atom. The van der Waals surface area contributed by atoms with Crippen LogP contribution in [-0.2, 0) is 6.54 Å². The molecule has 0 unspecified atom stereocenters. The number of hydrogen-bond donors (Lipinski definition) is 1. The predicted molar refractivity (Wildman–Crippen MR) is 102 cm³/mol. The lowest BCUT2D eigenvalue weighted by atomic mass is 10.2. The number of benzene rings is 2. The standard InChI is InChI=1S/C20H20N6/c1-15(2)26(14-16-8-4-3-5-9-16)20-24-19(13-22-25-20)23-18-11-7-6-10-17(18)12-21/h3-11,13,15H,14H2,1-2H3,(H,23,24,25). The zero-order valence-electron chi connectivity index (χ0n) is 14.8. The highest BCUT2D eigenvalue weighted by Crippen LogP contribution is 2.21. The van der Waals surface area contributed by atoms with Crippen LogP contribution in [0.15, 0.2) is 60.8 Å². The Labute approximate surface area is 153 Å². The minimum atomic E-state index is 0.207. The molecule has 0 radical (unpaired) electrons. The van der Waals surface area contributed by atoms with Gasteiger partial charge >= 0.3 is 0 Å². The van der Waals surface area contributed by atoms with Crippen LogP contribution in [-0.4, -0.2) is 21.2 Å². The van der Waals surface area contributed by atoms with Crippen LogP contribution < -0.4 is 10.2 Å². The molecule has 0 saturated heterocycles. The van der Waals surface area contributed by atoms with E-state index < -0.39 is 0 Å². The molecule has 2 aromatic carbocycles. The number of hydrogen-bond acceptors (Lipinski definition) is 6. The van der Waals surface area contributed by atoms with Crippen molar-refractivity contribution in [2.24, 2.45) is 0 Å². The third-order valence-electron chi connectivity index (χ3n) is 3.93. The second-order valence-corrected chi connectivity index (χ2v) is 6.13. The Balaban J connectivity index is 1.86.